The lowest BCUT2D eigenvalue weighted by atomic mass is 9.98. The minimum atomic E-state index is -1.91. The SMILES string of the molecule is O=C1[C@@H]2N=NN(CC(=O)N3N=C(c4ccc(Br)cc4)C[C@H]3c3ccccc3)[C@H]2C(=O)N1c1c(F)c(F)cc(F)c1F. The molecule has 3 aromatic carbocycles. The zero-order valence-corrected chi connectivity index (χ0v) is 22.3. The van der Waals surface area contributed by atoms with Crippen LogP contribution < -0.4 is 4.90 Å². The van der Waals surface area contributed by atoms with Crippen LogP contribution in [0.1, 0.15) is 23.6 Å². The highest BCUT2D eigenvalue weighted by atomic mass is 79.9. The van der Waals surface area contributed by atoms with Crippen molar-refractivity contribution < 1.29 is 31.9 Å². The van der Waals surface area contributed by atoms with E-state index in [4.69, 9.17) is 0 Å². The van der Waals surface area contributed by atoms with Gasteiger partial charge in [0, 0.05) is 17.0 Å². The van der Waals surface area contributed by atoms with Crippen LogP contribution in [-0.2, 0) is 14.4 Å². The summed E-state index contributed by atoms with van der Waals surface area (Å²) in [7, 11) is 0. The van der Waals surface area contributed by atoms with E-state index in [1.165, 1.54) is 5.01 Å². The molecule has 0 unspecified atom stereocenters. The van der Waals surface area contributed by atoms with Crippen LogP contribution in [0.3, 0.4) is 0 Å². The maximum absolute atomic E-state index is 14.5. The number of benzene rings is 3. The Morgan fingerprint density at radius 3 is 2.24 bits per heavy atom. The number of nitrogens with zero attached hydrogens (tertiary/aromatic N) is 6. The molecule has 1 fully saturated rings. The number of rotatable bonds is 5. The highest BCUT2D eigenvalue weighted by Gasteiger charge is 2.57. The Labute approximate surface area is 237 Å². The number of amides is 3. The molecular weight excluding hydrogens is 612 g/mol. The first-order valence-corrected chi connectivity index (χ1v) is 13.0. The topological polar surface area (TPSA) is 98.0 Å². The van der Waals surface area contributed by atoms with Crippen LogP contribution in [0.4, 0.5) is 23.2 Å². The Kier molecular flexibility index (Phi) is 6.64. The van der Waals surface area contributed by atoms with Crippen molar-refractivity contribution in [3.05, 3.63) is 99.5 Å². The second kappa shape index (κ2) is 10.2. The van der Waals surface area contributed by atoms with Crippen molar-refractivity contribution >= 4 is 45.1 Å². The first-order valence-electron chi connectivity index (χ1n) is 12.2. The predicted molar refractivity (Wildman–Crippen MR) is 139 cm³/mol. The lowest BCUT2D eigenvalue weighted by Crippen LogP contribution is -2.45. The Morgan fingerprint density at radius 2 is 1.59 bits per heavy atom. The molecule has 14 heteroatoms. The van der Waals surface area contributed by atoms with Crippen LogP contribution in [0.25, 0.3) is 0 Å². The van der Waals surface area contributed by atoms with E-state index in [0.717, 1.165) is 20.6 Å². The van der Waals surface area contributed by atoms with Gasteiger partial charge in [0.25, 0.3) is 17.7 Å². The van der Waals surface area contributed by atoms with Crippen LogP contribution in [0.2, 0.25) is 0 Å². The summed E-state index contributed by atoms with van der Waals surface area (Å²) in [6.07, 6.45) is 0.389. The van der Waals surface area contributed by atoms with E-state index in [-0.39, 0.29) is 11.0 Å². The number of hydrazone groups is 1. The smallest absolute Gasteiger partial charge is 0.264 e. The number of hydrogen-bond donors (Lipinski definition) is 0. The Morgan fingerprint density at radius 1 is 0.927 bits per heavy atom. The summed E-state index contributed by atoms with van der Waals surface area (Å²) in [5.41, 5.74) is 0.748. The molecule has 0 spiro atoms. The van der Waals surface area contributed by atoms with Gasteiger partial charge in [0.15, 0.2) is 35.4 Å². The molecule has 3 aliphatic heterocycles. The summed E-state index contributed by atoms with van der Waals surface area (Å²) < 4.78 is 57.5. The van der Waals surface area contributed by atoms with Crippen LogP contribution in [-0.4, -0.2) is 52.1 Å². The molecule has 3 atom stereocenters. The fourth-order valence-corrected chi connectivity index (χ4v) is 5.30. The molecule has 6 rings (SSSR count). The van der Waals surface area contributed by atoms with Crippen LogP contribution in [0.15, 0.2) is 80.6 Å². The fourth-order valence-electron chi connectivity index (χ4n) is 5.03. The molecule has 3 amide bonds. The number of halogens is 5. The number of carbonyl (C=O) groups is 3. The summed E-state index contributed by atoms with van der Waals surface area (Å²) in [6, 6.07) is 12.9. The van der Waals surface area contributed by atoms with Crippen molar-refractivity contribution in [3.63, 3.8) is 0 Å². The van der Waals surface area contributed by atoms with Gasteiger partial charge in [-0.2, -0.15) is 10.2 Å². The molecule has 0 aliphatic carbocycles. The second-order valence-electron chi connectivity index (χ2n) is 9.44. The summed E-state index contributed by atoms with van der Waals surface area (Å²) in [5, 5.41) is 14.2. The molecule has 0 saturated carbocycles. The third kappa shape index (κ3) is 4.47. The second-order valence-corrected chi connectivity index (χ2v) is 10.4. The molecule has 41 heavy (non-hydrogen) atoms. The van der Waals surface area contributed by atoms with Gasteiger partial charge < -0.3 is 0 Å². The van der Waals surface area contributed by atoms with Crippen molar-refractivity contribution in [3.8, 4) is 0 Å². The molecule has 0 radical (unpaired) electrons. The number of hydrogen-bond acceptors (Lipinski definition) is 7. The average Bonchev–Trinajstić information content (AvgIpc) is 3.65. The van der Waals surface area contributed by atoms with Crippen molar-refractivity contribution in [2.24, 2.45) is 15.4 Å². The van der Waals surface area contributed by atoms with Gasteiger partial charge >= 0.3 is 0 Å². The lowest BCUT2D eigenvalue weighted by molar-refractivity contribution is -0.135. The van der Waals surface area contributed by atoms with E-state index in [2.05, 4.69) is 31.4 Å². The summed E-state index contributed by atoms with van der Waals surface area (Å²) in [6.45, 7) is -0.569. The molecule has 3 heterocycles. The van der Waals surface area contributed by atoms with E-state index in [9.17, 15) is 31.9 Å². The molecule has 1 saturated heterocycles. The summed E-state index contributed by atoms with van der Waals surface area (Å²) in [4.78, 5) is 39.7. The highest BCUT2D eigenvalue weighted by molar-refractivity contribution is 9.10. The monoisotopic (exact) mass is 628 g/mol. The van der Waals surface area contributed by atoms with Gasteiger partial charge in [-0.1, -0.05) is 63.6 Å². The third-order valence-electron chi connectivity index (χ3n) is 7.00. The van der Waals surface area contributed by atoms with Gasteiger partial charge in [-0.15, -0.1) is 0 Å². The van der Waals surface area contributed by atoms with Crippen molar-refractivity contribution in [1.29, 1.82) is 0 Å². The minimum Gasteiger partial charge on any atom is -0.271 e. The zero-order valence-electron chi connectivity index (χ0n) is 20.7. The Hall–Kier alpha value is -4.46. The highest BCUT2D eigenvalue weighted by Crippen LogP contribution is 2.37. The van der Waals surface area contributed by atoms with Gasteiger partial charge in [0.2, 0.25) is 0 Å². The minimum absolute atomic E-state index is 0.00817. The Bertz CT molecular complexity index is 1630. The largest absolute Gasteiger partial charge is 0.271 e. The van der Waals surface area contributed by atoms with E-state index in [0.29, 0.717) is 12.1 Å². The van der Waals surface area contributed by atoms with E-state index in [1.807, 2.05) is 54.6 Å². The van der Waals surface area contributed by atoms with Gasteiger partial charge in [-0.3, -0.25) is 19.4 Å². The summed E-state index contributed by atoms with van der Waals surface area (Å²) in [5.74, 6) is -10.5. The maximum Gasteiger partial charge on any atom is 0.264 e. The van der Waals surface area contributed by atoms with Gasteiger partial charge in [-0.25, -0.2) is 27.5 Å². The average molecular weight is 629 g/mol. The molecule has 9 nitrogen and oxygen atoms in total. The number of fused-ring (bicyclic) bond motifs is 1. The fraction of sp³-hybridized carbons (Fsp3) is 0.185. The first-order chi connectivity index (χ1) is 19.7. The summed E-state index contributed by atoms with van der Waals surface area (Å²) >= 11 is 3.39. The third-order valence-corrected chi connectivity index (χ3v) is 7.52. The van der Waals surface area contributed by atoms with E-state index < -0.39 is 71.3 Å². The van der Waals surface area contributed by atoms with Crippen molar-refractivity contribution in [1.82, 2.24) is 10.0 Å². The van der Waals surface area contributed by atoms with E-state index >= 15 is 0 Å². The van der Waals surface area contributed by atoms with Gasteiger partial charge in [0.1, 0.15) is 12.2 Å². The quantitative estimate of drug-likeness (QED) is 0.233. The molecule has 0 aromatic heterocycles. The molecule has 3 aromatic rings. The van der Waals surface area contributed by atoms with Crippen molar-refractivity contribution in [2.45, 2.75) is 24.5 Å². The maximum atomic E-state index is 14.5. The van der Waals surface area contributed by atoms with Gasteiger partial charge in [-0.05, 0) is 23.3 Å². The molecule has 0 bridgehead atoms. The molecule has 0 N–H and O–H groups in total. The van der Waals surface area contributed by atoms with Crippen LogP contribution in [0, 0.1) is 23.3 Å². The standard InChI is InChI=1S/C27H17BrF4N6O3/c28-15-8-6-13(7-9-15)18-11-19(14-4-2-1-3-5-14)38(34-18)20(39)12-36-25-23(33-35-36)26(40)37(27(25)41)24-21(31)16(29)10-17(30)22(24)32/h1-10,19,23,25H,11-12H2/t19-,23+,25+/m0/s1. The molecule has 208 valence electrons. The zero-order chi connectivity index (χ0) is 29.0. The van der Waals surface area contributed by atoms with Gasteiger partial charge in [0.05, 0.1) is 11.8 Å². The number of imide groups is 1. The normalized spacial score (nSPS) is 21.6. The first kappa shape index (κ1) is 26.7. The van der Waals surface area contributed by atoms with Crippen molar-refractivity contribution in [2.75, 3.05) is 11.4 Å². The molecular formula is C27H17BrF4N6O3. The van der Waals surface area contributed by atoms with Crippen LogP contribution in [0.5, 0.6) is 0 Å². The van der Waals surface area contributed by atoms with E-state index in [1.54, 1.807) is 0 Å². The van der Waals surface area contributed by atoms with Crippen LogP contribution >= 0.6 is 15.9 Å². The number of carbonyl (C=O) groups excluding carboxylic acids is 3. The Balaban J connectivity index is 1.28. The predicted octanol–water partition coefficient (Wildman–Crippen LogP) is 4.68. The molecule has 3 aliphatic rings. The number of anilines is 1. The lowest BCUT2D eigenvalue weighted by Gasteiger charge is -2.25.